The highest BCUT2D eigenvalue weighted by molar-refractivity contribution is 5.90. The smallest absolute Gasteiger partial charge is 0.298 e. The molecule has 10 heteroatoms. The van der Waals surface area contributed by atoms with Gasteiger partial charge in [0.2, 0.25) is 0 Å². The Bertz CT molecular complexity index is 1490. The second-order valence-electron chi connectivity index (χ2n) is 8.22. The normalized spacial score (nSPS) is 17.1. The fraction of sp³-hybridized carbons (Fsp3) is 0.261. The Kier molecular flexibility index (Phi) is 4.47. The van der Waals surface area contributed by atoms with Crippen molar-refractivity contribution in [2.24, 2.45) is 5.92 Å². The minimum atomic E-state index is -0.0879. The molecule has 0 radical (unpaired) electrons. The van der Waals surface area contributed by atoms with Crippen molar-refractivity contribution in [3.05, 3.63) is 49.2 Å². The van der Waals surface area contributed by atoms with Crippen LogP contribution in [0.3, 0.4) is 0 Å². The average Bonchev–Trinajstić information content (AvgIpc) is 3.62. The van der Waals surface area contributed by atoms with Crippen molar-refractivity contribution in [3.63, 3.8) is 0 Å². The molecule has 2 atom stereocenters. The highest BCUT2D eigenvalue weighted by atomic mass is 16.4. The molecule has 164 valence electrons. The van der Waals surface area contributed by atoms with E-state index in [-0.39, 0.29) is 17.7 Å². The predicted molar refractivity (Wildman–Crippen MR) is 120 cm³/mol. The number of aromatic hydroxyl groups is 1. The quantitative estimate of drug-likeness (QED) is 0.423. The van der Waals surface area contributed by atoms with Crippen molar-refractivity contribution in [3.8, 4) is 23.1 Å². The van der Waals surface area contributed by atoms with Crippen LogP contribution in [0.4, 0.5) is 6.01 Å². The molecule has 2 unspecified atom stereocenters. The number of H-pyrrole nitrogens is 1. The third-order valence-electron chi connectivity index (χ3n) is 6.29. The fourth-order valence-electron chi connectivity index (χ4n) is 4.65. The van der Waals surface area contributed by atoms with Gasteiger partial charge in [0.25, 0.3) is 6.01 Å². The van der Waals surface area contributed by atoms with E-state index in [2.05, 4.69) is 36.0 Å². The van der Waals surface area contributed by atoms with Gasteiger partial charge in [-0.05, 0) is 24.6 Å². The maximum absolute atomic E-state index is 10.0. The Morgan fingerprint density at radius 2 is 2.24 bits per heavy atom. The zero-order chi connectivity index (χ0) is 22.4. The van der Waals surface area contributed by atoms with Crippen LogP contribution in [0, 0.1) is 17.2 Å². The van der Waals surface area contributed by atoms with E-state index in [4.69, 9.17) is 4.42 Å². The second kappa shape index (κ2) is 7.63. The monoisotopic (exact) mass is 440 g/mol. The summed E-state index contributed by atoms with van der Waals surface area (Å²) in [5, 5.41) is 25.1. The van der Waals surface area contributed by atoms with Crippen molar-refractivity contribution in [2.45, 2.75) is 18.9 Å². The van der Waals surface area contributed by atoms with Gasteiger partial charge in [0.15, 0.2) is 11.3 Å². The molecule has 0 aliphatic carbocycles. The van der Waals surface area contributed by atoms with Gasteiger partial charge >= 0.3 is 0 Å². The van der Waals surface area contributed by atoms with Gasteiger partial charge in [0.05, 0.1) is 30.4 Å². The molecule has 33 heavy (non-hydrogen) atoms. The number of hydrogen-bond acceptors (Lipinski definition) is 8. The molecule has 4 aromatic heterocycles. The predicted octanol–water partition coefficient (Wildman–Crippen LogP) is 3.65. The Hall–Kier alpha value is -4.39. The topological polar surface area (TPSA) is 133 Å². The summed E-state index contributed by atoms with van der Waals surface area (Å²) in [5.41, 5.74) is 3.48. The number of aromatic amines is 1. The number of nitriles is 1. The number of nitrogens with one attached hydrogen (secondary N) is 1. The second-order valence-corrected chi connectivity index (χ2v) is 8.22. The molecule has 6 rings (SSSR count). The lowest BCUT2D eigenvalue weighted by Crippen LogP contribution is -2.25. The molecule has 1 saturated heterocycles. The minimum absolute atomic E-state index is 0.0784. The SMILES string of the molecule is N#CCC(C1CCN(c2nc3cccc(O)c3o2)C1)n1cc(-c2ncnc3[nH]ccc23)cn1. The van der Waals surface area contributed by atoms with E-state index in [0.717, 1.165) is 35.3 Å². The molecule has 1 aromatic carbocycles. The molecule has 1 aliphatic rings. The summed E-state index contributed by atoms with van der Waals surface area (Å²) < 4.78 is 7.71. The summed E-state index contributed by atoms with van der Waals surface area (Å²) >= 11 is 0. The maximum Gasteiger partial charge on any atom is 0.298 e. The summed E-state index contributed by atoms with van der Waals surface area (Å²) in [4.78, 5) is 18.4. The Morgan fingerprint density at radius 3 is 3.12 bits per heavy atom. The molecular formula is C23H20N8O2. The number of rotatable bonds is 5. The fourth-order valence-corrected chi connectivity index (χ4v) is 4.65. The lowest BCUT2D eigenvalue weighted by molar-refractivity contribution is 0.331. The van der Waals surface area contributed by atoms with Gasteiger partial charge in [0, 0.05) is 42.4 Å². The van der Waals surface area contributed by atoms with Gasteiger partial charge in [-0.1, -0.05) is 6.07 Å². The van der Waals surface area contributed by atoms with Gasteiger partial charge in [-0.2, -0.15) is 15.3 Å². The largest absolute Gasteiger partial charge is 0.504 e. The number of aromatic nitrogens is 6. The van der Waals surface area contributed by atoms with Gasteiger partial charge < -0.3 is 19.4 Å². The minimum Gasteiger partial charge on any atom is -0.504 e. The third-order valence-corrected chi connectivity index (χ3v) is 6.29. The number of fused-ring (bicyclic) bond motifs is 2. The first-order valence-electron chi connectivity index (χ1n) is 10.7. The number of benzene rings is 1. The average molecular weight is 440 g/mol. The number of nitrogens with zero attached hydrogens (tertiary/aromatic N) is 7. The maximum atomic E-state index is 10.0. The summed E-state index contributed by atoms with van der Waals surface area (Å²) in [6, 6.07) is 9.81. The molecule has 5 aromatic rings. The molecule has 5 heterocycles. The highest BCUT2D eigenvalue weighted by Gasteiger charge is 2.33. The number of para-hydroxylation sites is 1. The number of hydrogen-bond donors (Lipinski definition) is 2. The van der Waals surface area contributed by atoms with Gasteiger partial charge in [0.1, 0.15) is 17.5 Å². The molecule has 0 spiro atoms. The molecular weight excluding hydrogens is 420 g/mol. The summed E-state index contributed by atoms with van der Waals surface area (Å²) in [6.45, 7) is 1.44. The van der Waals surface area contributed by atoms with Crippen LogP contribution in [-0.4, -0.2) is 47.9 Å². The molecule has 1 aliphatic heterocycles. The van der Waals surface area contributed by atoms with Crippen molar-refractivity contribution >= 4 is 28.1 Å². The van der Waals surface area contributed by atoms with Crippen molar-refractivity contribution in [1.82, 2.24) is 29.7 Å². The van der Waals surface area contributed by atoms with Crippen LogP contribution >= 0.6 is 0 Å². The zero-order valence-electron chi connectivity index (χ0n) is 17.6. The molecule has 0 bridgehead atoms. The van der Waals surface area contributed by atoms with Crippen molar-refractivity contribution in [2.75, 3.05) is 18.0 Å². The number of oxazole rings is 1. The Morgan fingerprint density at radius 1 is 1.30 bits per heavy atom. The summed E-state index contributed by atoms with van der Waals surface area (Å²) in [5.74, 6) is 0.272. The first-order chi connectivity index (χ1) is 16.2. The van der Waals surface area contributed by atoms with E-state index in [1.165, 1.54) is 6.33 Å². The van der Waals surface area contributed by atoms with E-state index >= 15 is 0 Å². The lowest BCUT2D eigenvalue weighted by atomic mass is 9.96. The summed E-state index contributed by atoms with van der Waals surface area (Å²) in [6.07, 6.45) is 8.33. The van der Waals surface area contributed by atoms with E-state index < -0.39 is 0 Å². The van der Waals surface area contributed by atoms with Crippen LogP contribution in [0.1, 0.15) is 18.9 Å². The molecule has 0 saturated carbocycles. The van der Waals surface area contributed by atoms with E-state index in [0.29, 0.717) is 30.1 Å². The van der Waals surface area contributed by atoms with Gasteiger partial charge in [-0.15, -0.1) is 0 Å². The zero-order valence-corrected chi connectivity index (χ0v) is 17.6. The standard InChI is InChI=1S/C23H20N8O2/c24-7-4-18(31-12-15(10-28-31)20-16-5-8-25-22(16)27-13-26-20)14-6-9-30(11-14)23-29-17-2-1-3-19(32)21(17)33-23/h1-3,5,8,10,12-14,18,32H,4,6,9,11H2,(H,25,26,27). The number of anilines is 1. The van der Waals surface area contributed by atoms with Crippen LogP contribution in [0.25, 0.3) is 33.4 Å². The third kappa shape index (κ3) is 3.25. The van der Waals surface area contributed by atoms with Crippen molar-refractivity contribution in [1.29, 1.82) is 5.26 Å². The van der Waals surface area contributed by atoms with Gasteiger partial charge in [-0.3, -0.25) is 4.68 Å². The Labute approximate surface area is 188 Å². The van der Waals surface area contributed by atoms with Crippen LogP contribution in [0.5, 0.6) is 5.75 Å². The number of phenols is 1. The van der Waals surface area contributed by atoms with Crippen LogP contribution in [0.15, 0.2) is 53.6 Å². The number of phenolic OH excluding ortho intramolecular Hbond substituents is 1. The molecule has 2 N–H and O–H groups in total. The highest BCUT2D eigenvalue weighted by Crippen LogP contribution is 2.36. The first-order valence-corrected chi connectivity index (χ1v) is 10.7. The van der Waals surface area contributed by atoms with Crippen LogP contribution < -0.4 is 4.90 Å². The molecule has 0 amide bonds. The van der Waals surface area contributed by atoms with E-state index in [1.54, 1.807) is 18.3 Å². The summed E-state index contributed by atoms with van der Waals surface area (Å²) in [7, 11) is 0. The van der Waals surface area contributed by atoms with Gasteiger partial charge in [-0.25, -0.2) is 9.97 Å². The van der Waals surface area contributed by atoms with Crippen molar-refractivity contribution < 1.29 is 9.52 Å². The molecule has 1 fully saturated rings. The van der Waals surface area contributed by atoms with Crippen LogP contribution in [-0.2, 0) is 0 Å². The van der Waals surface area contributed by atoms with E-state index in [9.17, 15) is 10.4 Å². The molecule has 10 nitrogen and oxygen atoms in total. The lowest BCUT2D eigenvalue weighted by Gasteiger charge is -2.22. The first kappa shape index (κ1) is 19.3. The van der Waals surface area contributed by atoms with E-state index in [1.807, 2.05) is 29.2 Å². The van der Waals surface area contributed by atoms with Crippen LogP contribution in [0.2, 0.25) is 0 Å². The Balaban J connectivity index is 1.27.